The molecule has 0 aliphatic rings. The SMILES string of the molecule is Cc1ccc(C(C)(C)C)cc1-c1cc(F)cc[n+]1C. The van der Waals surface area contributed by atoms with Gasteiger partial charge in [0.15, 0.2) is 6.20 Å². The molecule has 2 heteroatoms. The molecule has 0 saturated carbocycles. The first-order chi connectivity index (χ1) is 8.79. The van der Waals surface area contributed by atoms with Crippen molar-refractivity contribution in [3.63, 3.8) is 0 Å². The molecule has 1 aromatic heterocycles. The normalized spacial score (nSPS) is 11.7. The Hall–Kier alpha value is -1.70. The number of rotatable bonds is 1. The molecule has 0 amide bonds. The van der Waals surface area contributed by atoms with Crippen LogP contribution in [-0.4, -0.2) is 0 Å². The van der Waals surface area contributed by atoms with Crippen LogP contribution in [0, 0.1) is 12.7 Å². The zero-order valence-electron chi connectivity index (χ0n) is 12.3. The van der Waals surface area contributed by atoms with Crippen molar-refractivity contribution in [3.05, 3.63) is 53.5 Å². The number of pyridine rings is 1. The first kappa shape index (κ1) is 13.7. The molecule has 0 radical (unpaired) electrons. The van der Waals surface area contributed by atoms with Gasteiger partial charge in [-0.25, -0.2) is 8.96 Å². The summed E-state index contributed by atoms with van der Waals surface area (Å²) in [6.07, 6.45) is 1.76. The number of nitrogens with zero attached hydrogens (tertiary/aromatic N) is 1. The van der Waals surface area contributed by atoms with E-state index in [1.807, 2.05) is 11.6 Å². The Morgan fingerprint density at radius 3 is 2.37 bits per heavy atom. The molecule has 0 aliphatic heterocycles. The van der Waals surface area contributed by atoms with Gasteiger partial charge in [0.25, 0.3) is 0 Å². The maximum Gasteiger partial charge on any atom is 0.215 e. The Balaban J connectivity index is 2.64. The van der Waals surface area contributed by atoms with Crippen LogP contribution in [0.1, 0.15) is 31.9 Å². The molecule has 19 heavy (non-hydrogen) atoms. The van der Waals surface area contributed by atoms with Gasteiger partial charge in [-0.3, -0.25) is 0 Å². The van der Waals surface area contributed by atoms with Gasteiger partial charge in [0.2, 0.25) is 5.69 Å². The Morgan fingerprint density at radius 1 is 1.05 bits per heavy atom. The van der Waals surface area contributed by atoms with Crippen molar-refractivity contribution in [2.24, 2.45) is 7.05 Å². The highest BCUT2D eigenvalue weighted by Crippen LogP contribution is 2.28. The van der Waals surface area contributed by atoms with Crippen molar-refractivity contribution < 1.29 is 8.96 Å². The van der Waals surface area contributed by atoms with Crippen LogP contribution in [0.2, 0.25) is 0 Å². The standard InChI is InChI=1S/C17H21FN/c1-12-6-7-13(17(2,3)4)10-15(12)16-11-14(18)8-9-19(16)5/h6-11H,1-5H3/q+1. The van der Waals surface area contributed by atoms with Gasteiger partial charge >= 0.3 is 0 Å². The van der Waals surface area contributed by atoms with Gasteiger partial charge in [-0.1, -0.05) is 32.9 Å². The average molecular weight is 258 g/mol. The summed E-state index contributed by atoms with van der Waals surface area (Å²) in [4.78, 5) is 0. The summed E-state index contributed by atoms with van der Waals surface area (Å²) in [5.41, 5.74) is 4.51. The average Bonchev–Trinajstić information content (AvgIpc) is 2.32. The molecule has 2 aromatic rings. The van der Waals surface area contributed by atoms with Crippen molar-refractivity contribution in [1.82, 2.24) is 0 Å². The van der Waals surface area contributed by atoms with E-state index >= 15 is 0 Å². The van der Waals surface area contributed by atoms with Gasteiger partial charge in [-0.2, -0.15) is 0 Å². The highest BCUT2D eigenvalue weighted by molar-refractivity contribution is 5.62. The molecule has 0 unspecified atom stereocenters. The minimum atomic E-state index is -0.200. The largest absolute Gasteiger partial charge is 0.215 e. The van der Waals surface area contributed by atoms with Crippen LogP contribution >= 0.6 is 0 Å². The highest BCUT2D eigenvalue weighted by Gasteiger charge is 2.19. The summed E-state index contributed by atoms with van der Waals surface area (Å²) in [7, 11) is 1.94. The topological polar surface area (TPSA) is 3.88 Å². The predicted octanol–water partition coefficient (Wildman–Crippen LogP) is 3.92. The number of benzene rings is 1. The van der Waals surface area contributed by atoms with E-state index in [4.69, 9.17) is 0 Å². The Morgan fingerprint density at radius 2 is 1.74 bits per heavy atom. The van der Waals surface area contributed by atoms with E-state index in [-0.39, 0.29) is 11.2 Å². The van der Waals surface area contributed by atoms with Crippen molar-refractivity contribution in [2.45, 2.75) is 33.1 Å². The third kappa shape index (κ3) is 2.83. The van der Waals surface area contributed by atoms with Gasteiger partial charge < -0.3 is 0 Å². The molecule has 2 rings (SSSR count). The van der Waals surface area contributed by atoms with Gasteiger partial charge in [0, 0.05) is 17.7 Å². The molecule has 1 nitrogen and oxygen atoms in total. The lowest BCUT2D eigenvalue weighted by molar-refractivity contribution is -0.660. The van der Waals surface area contributed by atoms with Crippen molar-refractivity contribution >= 4 is 0 Å². The Kier molecular flexibility index (Phi) is 3.44. The summed E-state index contributed by atoms with van der Waals surface area (Å²) >= 11 is 0. The third-order valence-corrected chi connectivity index (χ3v) is 3.49. The molecular weight excluding hydrogens is 237 g/mol. The minimum absolute atomic E-state index is 0.0916. The maximum atomic E-state index is 13.5. The van der Waals surface area contributed by atoms with Crippen molar-refractivity contribution in [3.8, 4) is 11.3 Å². The predicted molar refractivity (Wildman–Crippen MR) is 76.4 cm³/mol. The van der Waals surface area contributed by atoms with E-state index in [9.17, 15) is 4.39 Å². The minimum Gasteiger partial charge on any atom is -0.207 e. The molecule has 1 heterocycles. The van der Waals surface area contributed by atoms with Crippen molar-refractivity contribution in [2.75, 3.05) is 0 Å². The van der Waals surface area contributed by atoms with Crippen LogP contribution in [0.25, 0.3) is 11.3 Å². The fourth-order valence-corrected chi connectivity index (χ4v) is 2.18. The first-order valence-electron chi connectivity index (χ1n) is 6.56. The van der Waals surface area contributed by atoms with E-state index in [1.165, 1.54) is 11.6 Å². The van der Waals surface area contributed by atoms with E-state index < -0.39 is 0 Å². The molecule has 0 N–H and O–H groups in total. The summed E-state index contributed by atoms with van der Waals surface area (Å²) in [6, 6.07) is 9.50. The van der Waals surface area contributed by atoms with Crippen LogP contribution in [0.3, 0.4) is 0 Å². The zero-order chi connectivity index (χ0) is 14.2. The van der Waals surface area contributed by atoms with Crippen LogP contribution in [-0.2, 0) is 12.5 Å². The number of hydrogen-bond acceptors (Lipinski definition) is 0. The van der Waals surface area contributed by atoms with E-state index in [0.29, 0.717) is 0 Å². The van der Waals surface area contributed by atoms with Gasteiger partial charge in [0.1, 0.15) is 12.9 Å². The Bertz CT molecular complexity index is 609. The smallest absolute Gasteiger partial charge is 0.207 e. The molecule has 100 valence electrons. The second-order valence-electron chi connectivity index (χ2n) is 6.12. The Labute approximate surface area is 114 Å². The molecular formula is C17H21FN+. The quantitative estimate of drug-likeness (QED) is 0.682. The maximum absolute atomic E-state index is 13.5. The van der Waals surface area contributed by atoms with E-state index in [0.717, 1.165) is 16.8 Å². The summed E-state index contributed by atoms with van der Waals surface area (Å²) in [6.45, 7) is 8.62. The number of halogens is 1. The second kappa shape index (κ2) is 4.76. The molecule has 0 saturated heterocycles. The number of hydrogen-bond donors (Lipinski definition) is 0. The first-order valence-corrected chi connectivity index (χ1v) is 6.56. The number of aromatic nitrogens is 1. The monoisotopic (exact) mass is 258 g/mol. The van der Waals surface area contributed by atoms with Crippen molar-refractivity contribution in [1.29, 1.82) is 0 Å². The van der Waals surface area contributed by atoms with Gasteiger partial charge in [-0.05, 0) is 29.5 Å². The van der Waals surface area contributed by atoms with E-state index in [2.05, 4.69) is 45.9 Å². The van der Waals surface area contributed by atoms with Crippen LogP contribution in [0.5, 0.6) is 0 Å². The molecule has 0 atom stereocenters. The van der Waals surface area contributed by atoms with Crippen LogP contribution in [0.15, 0.2) is 36.5 Å². The molecule has 0 aliphatic carbocycles. The van der Waals surface area contributed by atoms with Crippen LogP contribution in [0.4, 0.5) is 4.39 Å². The van der Waals surface area contributed by atoms with E-state index in [1.54, 1.807) is 12.3 Å². The lowest BCUT2D eigenvalue weighted by Crippen LogP contribution is -2.30. The molecule has 0 fully saturated rings. The molecule has 0 bridgehead atoms. The lowest BCUT2D eigenvalue weighted by atomic mass is 9.85. The fourth-order valence-electron chi connectivity index (χ4n) is 2.18. The lowest BCUT2D eigenvalue weighted by Gasteiger charge is -2.20. The third-order valence-electron chi connectivity index (χ3n) is 3.49. The molecule has 0 spiro atoms. The highest BCUT2D eigenvalue weighted by atomic mass is 19.1. The van der Waals surface area contributed by atoms with Gasteiger partial charge in [0.05, 0.1) is 0 Å². The summed E-state index contributed by atoms with van der Waals surface area (Å²) in [5.74, 6) is -0.200. The number of aryl methyl sites for hydroxylation is 2. The zero-order valence-corrected chi connectivity index (χ0v) is 12.3. The summed E-state index contributed by atoms with van der Waals surface area (Å²) < 4.78 is 15.4. The van der Waals surface area contributed by atoms with Gasteiger partial charge in [-0.15, -0.1) is 0 Å². The van der Waals surface area contributed by atoms with Crippen LogP contribution < -0.4 is 4.57 Å². The molecule has 1 aromatic carbocycles. The second-order valence-corrected chi connectivity index (χ2v) is 6.12. The fraction of sp³-hybridized carbons (Fsp3) is 0.353. The summed E-state index contributed by atoms with van der Waals surface area (Å²) in [5, 5.41) is 0.